The van der Waals surface area contributed by atoms with Crippen LogP contribution in [0.1, 0.15) is 30.0 Å². The molecule has 1 amide bonds. The number of carbonyl (C=O) groups excluding carboxylic acids is 1. The van der Waals surface area contributed by atoms with Gasteiger partial charge in [0.2, 0.25) is 0 Å². The molecule has 0 fully saturated rings. The quantitative estimate of drug-likeness (QED) is 0.818. The SMILES string of the molecule is C#CCN1C(=O)C=NC(c2ccccc2F)c2noc(CC)c21. The maximum absolute atomic E-state index is 14.2. The van der Waals surface area contributed by atoms with Gasteiger partial charge in [0.15, 0.2) is 5.76 Å². The van der Waals surface area contributed by atoms with Crippen LogP contribution < -0.4 is 4.90 Å². The number of halogens is 1. The molecule has 116 valence electrons. The number of nitrogens with zero attached hydrogens (tertiary/aromatic N) is 3. The molecule has 0 saturated carbocycles. The van der Waals surface area contributed by atoms with Gasteiger partial charge in [0.1, 0.15) is 23.2 Å². The van der Waals surface area contributed by atoms with Crippen molar-refractivity contribution >= 4 is 17.8 Å². The van der Waals surface area contributed by atoms with Gasteiger partial charge in [0.05, 0.1) is 12.8 Å². The summed E-state index contributed by atoms with van der Waals surface area (Å²) in [5.41, 5.74) is 1.21. The number of anilines is 1. The Morgan fingerprint density at radius 1 is 1.43 bits per heavy atom. The second kappa shape index (κ2) is 6.05. The van der Waals surface area contributed by atoms with Crippen LogP contribution in [-0.2, 0) is 11.2 Å². The van der Waals surface area contributed by atoms with Crippen molar-refractivity contribution < 1.29 is 13.7 Å². The van der Waals surface area contributed by atoms with Gasteiger partial charge in [-0.3, -0.25) is 14.7 Å². The van der Waals surface area contributed by atoms with E-state index in [2.05, 4.69) is 16.1 Å². The van der Waals surface area contributed by atoms with E-state index in [4.69, 9.17) is 10.9 Å². The molecule has 0 saturated heterocycles. The van der Waals surface area contributed by atoms with Crippen molar-refractivity contribution in [2.45, 2.75) is 19.4 Å². The Labute approximate surface area is 132 Å². The molecule has 0 radical (unpaired) electrons. The van der Waals surface area contributed by atoms with Gasteiger partial charge in [-0.05, 0) is 6.07 Å². The maximum Gasteiger partial charge on any atom is 0.270 e. The zero-order valence-corrected chi connectivity index (χ0v) is 12.5. The summed E-state index contributed by atoms with van der Waals surface area (Å²) < 4.78 is 19.5. The van der Waals surface area contributed by atoms with Gasteiger partial charge < -0.3 is 4.52 Å². The van der Waals surface area contributed by atoms with Gasteiger partial charge in [-0.15, -0.1) is 6.42 Å². The van der Waals surface area contributed by atoms with Crippen molar-refractivity contribution in [2.75, 3.05) is 11.4 Å². The second-order valence-electron chi connectivity index (χ2n) is 5.02. The van der Waals surface area contributed by atoms with Gasteiger partial charge in [0.25, 0.3) is 5.91 Å². The predicted molar refractivity (Wildman–Crippen MR) is 83.8 cm³/mol. The maximum atomic E-state index is 14.2. The zero-order valence-electron chi connectivity index (χ0n) is 12.5. The van der Waals surface area contributed by atoms with Crippen molar-refractivity contribution in [3.63, 3.8) is 0 Å². The number of aromatic nitrogens is 1. The lowest BCUT2D eigenvalue weighted by atomic mass is 10.0. The molecule has 3 rings (SSSR count). The van der Waals surface area contributed by atoms with E-state index in [1.165, 1.54) is 11.0 Å². The Balaban J connectivity index is 2.21. The lowest BCUT2D eigenvalue weighted by Gasteiger charge is -2.17. The molecule has 1 atom stereocenters. The highest BCUT2D eigenvalue weighted by Crippen LogP contribution is 2.38. The Bertz CT molecular complexity index is 819. The molecular weight excluding hydrogens is 297 g/mol. The molecule has 2 heterocycles. The Morgan fingerprint density at radius 2 is 2.22 bits per heavy atom. The van der Waals surface area contributed by atoms with Crippen molar-refractivity contribution in [2.24, 2.45) is 4.99 Å². The number of benzene rings is 1. The van der Waals surface area contributed by atoms with Gasteiger partial charge in [-0.2, -0.15) is 0 Å². The average Bonchev–Trinajstić information content (AvgIpc) is 2.92. The molecule has 0 spiro atoms. The van der Waals surface area contributed by atoms with Crippen LogP contribution in [0.25, 0.3) is 0 Å². The fourth-order valence-corrected chi connectivity index (χ4v) is 2.60. The van der Waals surface area contributed by atoms with Gasteiger partial charge >= 0.3 is 0 Å². The first-order valence-corrected chi connectivity index (χ1v) is 7.18. The first kappa shape index (κ1) is 15.0. The monoisotopic (exact) mass is 311 g/mol. The topological polar surface area (TPSA) is 58.7 Å². The molecule has 0 N–H and O–H groups in total. The highest BCUT2D eigenvalue weighted by atomic mass is 19.1. The number of fused-ring (bicyclic) bond motifs is 1. The van der Waals surface area contributed by atoms with E-state index in [0.29, 0.717) is 29.1 Å². The molecule has 0 aliphatic carbocycles. The normalized spacial score (nSPS) is 16.8. The number of aryl methyl sites for hydroxylation is 1. The summed E-state index contributed by atoms with van der Waals surface area (Å²) in [4.78, 5) is 17.9. The molecule has 6 heteroatoms. The van der Waals surface area contributed by atoms with E-state index < -0.39 is 11.9 Å². The first-order valence-electron chi connectivity index (χ1n) is 7.18. The van der Waals surface area contributed by atoms with Crippen LogP contribution in [0.5, 0.6) is 0 Å². The molecule has 1 aromatic carbocycles. The lowest BCUT2D eigenvalue weighted by Crippen LogP contribution is -2.32. The predicted octanol–water partition coefficient (Wildman–Crippen LogP) is 2.52. The summed E-state index contributed by atoms with van der Waals surface area (Å²) in [5, 5.41) is 4.04. The van der Waals surface area contributed by atoms with Crippen molar-refractivity contribution in [3.8, 4) is 12.3 Å². The third-order valence-electron chi connectivity index (χ3n) is 3.66. The standard InChI is InChI=1S/C17H14FN3O2/c1-3-9-21-14(22)10-19-15(11-7-5-6-8-12(11)18)16-17(21)13(4-2)23-20-16/h1,5-8,10,15H,4,9H2,2H3. The Hall–Kier alpha value is -2.94. The third kappa shape index (κ3) is 2.50. The van der Waals surface area contributed by atoms with E-state index in [-0.39, 0.29) is 12.5 Å². The van der Waals surface area contributed by atoms with E-state index in [0.717, 1.165) is 6.21 Å². The molecule has 1 aromatic heterocycles. The van der Waals surface area contributed by atoms with E-state index >= 15 is 0 Å². The van der Waals surface area contributed by atoms with Crippen molar-refractivity contribution in [1.82, 2.24) is 5.16 Å². The summed E-state index contributed by atoms with van der Waals surface area (Å²) in [6, 6.07) is 5.51. The number of hydrogen-bond donors (Lipinski definition) is 0. The van der Waals surface area contributed by atoms with Gasteiger partial charge in [0, 0.05) is 12.0 Å². The minimum Gasteiger partial charge on any atom is -0.359 e. The van der Waals surface area contributed by atoms with Gasteiger partial charge in [-0.25, -0.2) is 4.39 Å². The summed E-state index contributed by atoms with van der Waals surface area (Å²) in [5.74, 6) is 2.18. The highest BCUT2D eigenvalue weighted by molar-refractivity contribution is 6.33. The number of aliphatic imine (C=N–C) groups is 1. The number of rotatable bonds is 3. The van der Waals surface area contributed by atoms with Gasteiger partial charge in [-0.1, -0.05) is 36.2 Å². The second-order valence-corrected chi connectivity index (χ2v) is 5.02. The summed E-state index contributed by atoms with van der Waals surface area (Å²) in [6.45, 7) is 1.94. The summed E-state index contributed by atoms with van der Waals surface area (Å²) in [7, 11) is 0. The molecule has 1 aliphatic heterocycles. The Morgan fingerprint density at radius 3 is 2.91 bits per heavy atom. The van der Waals surface area contributed by atoms with Crippen LogP contribution in [0.4, 0.5) is 10.1 Å². The highest BCUT2D eigenvalue weighted by Gasteiger charge is 2.33. The summed E-state index contributed by atoms with van der Waals surface area (Å²) >= 11 is 0. The molecule has 2 aromatic rings. The van der Waals surface area contributed by atoms with Crippen molar-refractivity contribution in [1.29, 1.82) is 0 Å². The molecule has 1 aliphatic rings. The van der Waals surface area contributed by atoms with Crippen LogP contribution >= 0.6 is 0 Å². The number of hydrogen-bond acceptors (Lipinski definition) is 4. The first-order chi connectivity index (χ1) is 11.2. The molecule has 5 nitrogen and oxygen atoms in total. The molecular formula is C17H14FN3O2. The molecule has 0 bridgehead atoms. The molecule has 1 unspecified atom stereocenters. The summed E-state index contributed by atoms with van der Waals surface area (Å²) in [6.07, 6.45) is 7.05. The minimum atomic E-state index is -0.748. The van der Waals surface area contributed by atoms with E-state index in [9.17, 15) is 9.18 Å². The lowest BCUT2D eigenvalue weighted by molar-refractivity contribution is -0.112. The van der Waals surface area contributed by atoms with Crippen LogP contribution in [0.3, 0.4) is 0 Å². The third-order valence-corrected chi connectivity index (χ3v) is 3.66. The Kier molecular flexibility index (Phi) is 3.94. The minimum absolute atomic E-state index is 0.0655. The van der Waals surface area contributed by atoms with Crippen LogP contribution in [0, 0.1) is 18.2 Å². The number of amides is 1. The van der Waals surface area contributed by atoms with Crippen LogP contribution in [-0.4, -0.2) is 23.8 Å². The fourth-order valence-electron chi connectivity index (χ4n) is 2.60. The fraction of sp³-hybridized carbons (Fsp3) is 0.235. The average molecular weight is 311 g/mol. The largest absolute Gasteiger partial charge is 0.359 e. The molecule has 23 heavy (non-hydrogen) atoms. The van der Waals surface area contributed by atoms with Crippen LogP contribution in [0.2, 0.25) is 0 Å². The number of carbonyl (C=O) groups is 1. The number of terminal acetylenes is 1. The van der Waals surface area contributed by atoms with Crippen molar-refractivity contribution in [3.05, 3.63) is 47.1 Å². The van der Waals surface area contributed by atoms with Crippen LogP contribution in [0.15, 0.2) is 33.8 Å². The van der Waals surface area contributed by atoms with E-state index in [1.54, 1.807) is 18.2 Å². The zero-order chi connectivity index (χ0) is 16.4. The smallest absolute Gasteiger partial charge is 0.270 e. The van der Waals surface area contributed by atoms with E-state index in [1.807, 2.05) is 6.92 Å².